The van der Waals surface area contributed by atoms with Crippen LogP contribution in [-0.4, -0.2) is 45.5 Å². The van der Waals surface area contributed by atoms with Crippen molar-refractivity contribution in [1.29, 1.82) is 0 Å². The Hall–Kier alpha value is -3.01. The second-order valence-corrected chi connectivity index (χ2v) is 6.28. The van der Waals surface area contributed by atoms with Crippen LogP contribution in [0.5, 0.6) is 11.5 Å². The number of fused-ring (bicyclic) bond motifs is 1. The Balaban J connectivity index is 1.72. The zero-order chi connectivity index (χ0) is 18.7. The van der Waals surface area contributed by atoms with Crippen LogP contribution in [0.3, 0.4) is 0 Å². The molecule has 2 aromatic heterocycles. The summed E-state index contributed by atoms with van der Waals surface area (Å²) in [4.78, 5) is 16.5. The number of nitrogen functional groups attached to an aromatic ring is 1. The molecule has 0 spiro atoms. The van der Waals surface area contributed by atoms with E-state index in [1.165, 1.54) is 18.9 Å². The van der Waals surface area contributed by atoms with Crippen molar-refractivity contribution in [3.63, 3.8) is 0 Å². The molecule has 0 aliphatic rings. The number of ether oxygens (including phenoxy) is 2. The molecule has 1 aromatic carbocycles. The summed E-state index contributed by atoms with van der Waals surface area (Å²) >= 11 is 1.21. The number of carbonyl (C=O) groups is 1. The van der Waals surface area contributed by atoms with Crippen LogP contribution in [0.2, 0.25) is 0 Å². The zero-order valence-corrected chi connectivity index (χ0v) is 15.3. The Labute approximate surface area is 153 Å². The van der Waals surface area contributed by atoms with Crippen molar-refractivity contribution in [3.05, 3.63) is 30.0 Å². The number of nitrogens with two attached hydrogens (primary N) is 1. The Morgan fingerprint density at radius 2 is 2.08 bits per heavy atom. The molecule has 3 aromatic rings. The van der Waals surface area contributed by atoms with Crippen molar-refractivity contribution in [2.75, 3.05) is 31.0 Å². The van der Waals surface area contributed by atoms with Crippen LogP contribution in [0.1, 0.15) is 5.69 Å². The van der Waals surface area contributed by atoms with Gasteiger partial charge in [-0.1, -0.05) is 11.8 Å². The monoisotopic (exact) mass is 374 g/mol. The number of aromatic nitrogens is 4. The predicted molar refractivity (Wildman–Crippen MR) is 98.8 cm³/mol. The molecule has 0 atom stereocenters. The lowest BCUT2D eigenvalue weighted by Crippen LogP contribution is -2.15. The van der Waals surface area contributed by atoms with E-state index in [1.807, 2.05) is 6.92 Å². The highest BCUT2D eigenvalue weighted by atomic mass is 32.2. The van der Waals surface area contributed by atoms with Gasteiger partial charge >= 0.3 is 0 Å². The second kappa shape index (κ2) is 7.48. The summed E-state index contributed by atoms with van der Waals surface area (Å²) in [6.07, 6.45) is 0. The summed E-state index contributed by atoms with van der Waals surface area (Å²) in [5.41, 5.74) is 7.80. The Morgan fingerprint density at radius 3 is 2.81 bits per heavy atom. The fraction of sp³-hybridized carbons (Fsp3) is 0.250. The van der Waals surface area contributed by atoms with E-state index in [1.54, 1.807) is 35.8 Å². The van der Waals surface area contributed by atoms with Gasteiger partial charge in [0.1, 0.15) is 11.5 Å². The molecule has 10 heteroatoms. The van der Waals surface area contributed by atoms with E-state index in [-0.39, 0.29) is 17.6 Å². The minimum atomic E-state index is -0.225. The molecular formula is C16H18N6O3S. The average molecular weight is 374 g/mol. The Morgan fingerprint density at radius 1 is 1.27 bits per heavy atom. The van der Waals surface area contributed by atoms with E-state index in [4.69, 9.17) is 15.2 Å². The molecule has 0 fully saturated rings. The molecule has 0 radical (unpaired) electrons. The number of methoxy groups -OCH3 is 2. The predicted octanol–water partition coefficient (Wildman–Crippen LogP) is 1.76. The molecule has 2 heterocycles. The average Bonchev–Trinajstić information content (AvgIpc) is 3.03. The van der Waals surface area contributed by atoms with Crippen LogP contribution in [0.25, 0.3) is 5.65 Å². The van der Waals surface area contributed by atoms with E-state index in [0.29, 0.717) is 28.0 Å². The van der Waals surface area contributed by atoms with Gasteiger partial charge in [0.2, 0.25) is 11.9 Å². The summed E-state index contributed by atoms with van der Waals surface area (Å²) in [5, 5.41) is 11.4. The fourth-order valence-corrected chi connectivity index (χ4v) is 3.11. The molecule has 1 amide bonds. The van der Waals surface area contributed by atoms with Crippen LogP contribution in [0.4, 0.5) is 11.6 Å². The van der Waals surface area contributed by atoms with E-state index in [9.17, 15) is 4.79 Å². The SMILES string of the molecule is COc1ccc(OC)c(NC(=O)CSc2nnc3cc(C)nc(N)n23)c1. The van der Waals surface area contributed by atoms with E-state index >= 15 is 0 Å². The fourth-order valence-electron chi connectivity index (χ4n) is 2.36. The van der Waals surface area contributed by atoms with Gasteiger partial charge in [0.25, 0.3) is 0 Å². The van der Waals surface area contributed by atoms with E-state index in [2.05, 4.69) is 20.5 Å². The number of carbonyl (C=O) groups excluding carboxylic acids is 1. The Kier molecular flexibility index (Phi) is 5.12. The van der Waals surface area contributed by atoms with Crippen molar-refractivity contribution in [1.82, 2.24) is 19.6 Å². The number of hydrogen-bond acceptors (Lipinski definition) is 8. The van der Waals surface area contributed by atoms with Crippen molar-refractivity contribution in [2.45, 2.75) is 12.1 Å². The van der Waals surface area contributed by atoms with Crippen LogP contribution in [-0.2, 0) is 4.79 Å². The maximum Gasteiger partial charge on any atom is 0.234 e. The molecule has 3 N–H and O–H groups in total. The van der Waals surface area contributed by atoms with Gasteiger partial charge in [-0.2, -0.15) is 0 Å². The highest BCUT2D eigenvalue weighted by Crippen LogP contribution is 2.29. The maximum absolute atomic E-state index is 12.3. The van der Waals surface area contributed by atoms with Gasteiger partial charge in [0, 0.05) is 17.8 Å². The molecular weight excluding hydrogens is 356 g/mol. The number of rotatable bonds is 6. The van der Waals surface area contributed by atoms with Gasteiger partial charge in [0.15, 0.2) is 10.8 Å². The van der Waals surface area contributed by atoms with Crippen molar-refractivity contribution in [3.8, 4) is 11.5 Å². The molecule has 26 heavy (non-hydrogen) atoms. The molecule has 0 bridgehead atoms. The molecule has 136 valence electrons. The van der Waals surface area contributed by atoms with Crippen molar-refractivity contribution < 1.29 is 14.3 Å². The first-order chi connectivity index (χ1) is 12.5. The number of benzene rings is 1. The molecule has 0 saturated heterocycles. The highest BCUT2D eigenvalue weighted by molar-refractivity contribution is 7.99. The van der Waals surface area contributed by atoms with Gasteiger partial charge in [-0.15, -0.1) is 10.2 Å². The minimum Gasteiger partial charge on any atom is -0.497 e. The largest absolute Gasteiger partial charge is 0.497 e. The molecule has 0 aliphatic carbocycles. The van der Waals surface area contributed by atoms with Gasteiger partial charge in [-0.25, -0.2) is 9.38 Å². The van der Waals surface area contributed by atoms with Gasteiger partial charge in [-0.3, -0.25) is 4.79 Å². The van der Waals surface area contributed by atoms with Gasteiger partial charge < -0.3 is 20.5 Å². The summed E-state index contributed by atoms with van der Waals surface area (Å²) in [7, 11) is 3.09. The summed E-state index contributed by atoms with van der Waals surface area (Å²) in [6, 6.07) is 6.94. The molecule has 0 saturated carbocycles. The number of thioether (sulfide) groups is 1. The first-order valence-electron chi connectivity index (χ1n) is 7.64. The first-order valence-corrected chi connectivity index (χ1v) is 8.63. The third-order valence-electron chi connectivity index (χ3n) is 3.53. The highest BCUT2D eigenvalue weighted by Gasteiger charge is 2.14. The number of hydrogen-bond donors (Lipinski definition) is 2. The third-order valence-corrected chi connectivity index (χ3v) is 4.46. The van der Waals surface area contributed by atoms with Crippen molar-refractivity contribution >= 4 is 35.0 Å². The molecule has 0 unspecified atom stereocenters. The zero-order valence-electron chi connectivity index (χ0n) is 14.5. The topological polar surface area (TPSA) is 117 Å². The van der Waals surface area contributed by atoms with Crippen LogP contribution < -0.4 is 20.5 Å². The lowest BCUT2D eigenvalue weighted by atomic mass is 10.2. The maximum atomic E-state index is 12.3. The summed E-state index contributed by atoms with van der Waals surface area (Å²) in [6.45, 7) is 1.83. The smallest absolute Gasteiger partial charge is 0.234 e. The number of amides is 1. The van der Waals surface area contributed by atoms with Gasteiger partial charge in [0.05, 0.1) is 25.7 Å². The van der Waals surface area contributed by atoms with Crippen LogP contribution in [0, 0.1) is 6.92 Å². The number of anilines is 2. The van der Waals surface area contributed by atoms with Crippen LogP contribution >= 0.6 is 11.8 Å². The van der Waals surface area contributed by atoms with E-state index < -0.39 is 0 Å². The summed E-state index contributed by atoms with van der Waals surface area (Å²) < 4.78 is 12.0. The number of nitrogens with one attached hydrogen (secondary N) is 1. The summed E-state index contributed by atoms with van der Waals surface area (Å²) in [5.74, 6) is 1.33. The third kappa shape index (κ3) is 3.64. The lowest BCUT2D eigenvalue weighted by Gasteiger charge is -2.11. The first kappa shape index (κ1) is 17.8. The second-order valence-electron chi connectivity index (χ2n) is 5.33. The molecule has 0 aliphatic heterocycles. The lowest BCUT2D eigenvalue weighted by molar-refractivity contribution is -0.113. The molecule has 3 rings (SSSR count). The molecule has 9 nitrogen and oxygen atoms in total. The number of aryl methyl sites for hydroxylation is 1. The normalized spacial score (nSPS) is 10.7. The Bertz CT molecular complexity index is 959. The quantitative estimate of drug-likeness (QED) is 0.627. The number of nitrogens with zero attached hydrogens (tertiary/aromatic N) is 4. The van der Waals surface area contributed by atoms with Crippen LogP contribution in [0.15, 0.2) is 29.4 Å². The van der Waals surface area contributed by atoms with Crippen molar-refractivity contribution in [2.24, 2.45) is 0 Å². The van der Waals surface area contributed by atoms with Gasteiger partial charge in [-0.05, 0) is 19.1 Å². The minimum absolute atomic E-state index is 0.120. The van der Waals surface area contributed by atoms with E-state index in [0.717, 1.165) is 5.69 Å². The standard InChI is InChI=1S/C16H18N6O3S/c1-9-6-13-20-21-16(22(13)15(17)18-9)26-8-14(23)19-11-7-10(24-2)4-5-12(11)25-3/h4-7H,8H2,1-3H3,(H2,17,18)(H,19,23).